The average molecular weight is 270 g/mol. The average Bonchev–Trinajstić information content (AvgIpc) is 2.86. The lowest BCUT2D eigenvalue weighted by atomic mass is 9.86. The van der Waals surface area contributed by atoms with Gasteiger partial charge in [-0.05, 0) is 31.5 Å². The molecule has 0 spiro atoms. The van der Waals surface area contributed by atoms with E-state index in [1.165, 1.54) is 0 Å². The summed E-state index contributed by atoms with van der Waals surface area (Å²) in [6.07, 6.45) is 0. The number of H-pyrrole nitrogens is 1. The van der Waals surface area contributed by atoms with Crippen molar-refractivity contribution in [3.8, 4) is 6.07 Å². The van der Waals surface area contributed by atoms with E-state index in [9.17, 15) is 4.79 Å². The monoisotopic (exact) mass is 270 g/mol. The van der Waals surface area contributed by atoms with Crippen molar-refractivity contribution < 1.29 is 4.79 Å². The number of hydrogen-bond acceptors (Lipinski definition) is 5. The zero-order chi connectivity index (χ0) is 14.8. The van der Waals surface area contributed by atoms with Crippen molar-refractivity contribution in [1.82, 2.24) is 15.2 Å². The fraction of sp³-hybridized carbons (Fsp3) is 0.231. The molecule has 7 nitrogen and oxygen atoms in total. The highest BCUT2D eigenvalue weighted by Crippen LogP contribution is 2.23. The van der Waals surface area contributed by atoms with E-state index in [0.29, 0.717) is 5.69 Å². The van der Waals surface area contributed by atoms with Gasteiger partial charge in [0.2, 0.25) is 11.8 Å². The van der Waals surface area contributed by atoms with Gasteiger partial charge in [0.15, 0.2) is 0 Å². The van der Waals surface area contributed by atoms with Crippen molar-refractivity contribution in [2.75, 3.05) is 11.1 Å². The molecule has 7 heteroatoms. The van der Waals surface area contributed by atoms with Crippen LogP contribution in [0.2, 0.25) is 0 Å². The van der Waals surface area contributed by atoms with E-state index < -0.39 is 11.3 Å². The fourth-order valence-electron chi connectivity index (χ4n) is 1.60. The summed E-state index contributed by atoms with van der Waals surface area (Å²) in [7, 11) is 0. The number of hydrogen-bond donors (Lipinski definition) is 3. The molecular weight excluding hydrogens is 256 g/mol. The summed E-state index contributed by atoms with van der Waals surface area (Å²) in [6.45, 7) is 3.66. The Morgan fingerprint density at radius 1 is 1.40 bits per heavy atom. The molecule has 0 fully saturated rings. The Hall–Kier alpha value is -2.88. The molecule has 1 heterocycles. The Bertz CT molecular complexity index is 665. The number of benzene rings is 1. The van der Waals surface area contributed by atoms with Crippen molar-refractivity contribution in [2.45, 2.75) is 19.3 Å². The predicted molar refractivity (Wildman–Crippen MR) is 73.8 cm³/mol. The number of carbonyl (C=O) groups is 1. The Morgan fingerprint density at radius 3 is 2.55 bits per heavy atom. The molecule has 2 rings (SSSR count). The zero-order valence-corrected chi connectivity index (χ0v) is 11.1. The van der Waals surface area contributed by atoms with Crippen LogP contribution in [0, 0.1) is 11.3 Å². The van der Waals surface area contributed by atoms with Gasteiger partial charge in [0.05, 0.1) is 11.5 Å². The Labute approximate surface area is 115 Å². The highest BCUT2D eigenvalue weighted by molar-refractivity contribution is 6.01. The molecule has 0 unspecified atom stereocenters. The third-order valence-corrected chi connectivity index (χ3v) is 2.86. The minimum Gasteiger partial charge on any atom is -0.366 e. The number of aromatic amines is 1. The van der Waals surface area contributed by atoms with E-state index in [4.69, 9.17) is 11.0 Å². The summed E-state index contributed by atoms with van der Waals surface area (Å²) in [5.41, 5.74) is 6.24. The molecule has 102 valence electrons. The minimum absolute atomic E-state index is 0.0151. The van der Waals surface area contributed by atoms with Crippen LogP contribution in [0.25, 0.3) is 0 Å². The van der Waals surface area contributed by atoms with Gasteiger partial charge in [0, 0.05) is 5.69 Å². The molecule has 0 aliphatic heterocycles. The first kappa shape index (κ1) is 13.5. The molecule has 2 aromatic rings. The lowest BCUT2D eigenvalue weighted by molar-refractivity contribution is 0.101. The van der Waals surface area contributed by atoms with E-state index in [0.717, 1.165) is 5.56 Å². The highest BCUT2D eigenvalue weighted by atomic mass is 16.2. The van der Waals surface area contributed by atoms with E-state index in [1.54, 1.807) is 24.3 Å². The summed E-state index contributed by atoms with van der Waals surface area (Å²) in [6, 6.07) is 9.28. The maximum absolute atomic E-state index is 11.8. The summed E-state index contributed by atoms with van der Waals surface area (Å²) in [5.74, 6) is -0.369. The standard InChI is InChI=1S/C13H14N6O/c1-13(2,7-14)8-3-5-9(6-4-8)16-11(20)10-17-12(15)19-18-10/h3-6H,1-2H3,(H,16,20)(H3,15,17,18,19). The zero-order valence-electron chi connectivity index (χ0n) is 11.1. The first-order valence-corrected chi connectivity index (χ1v) is 5.93. The number of carbonyl (C=O) groups excluding carboxylic acids is 1. The molecule has 1 aromatic carbocycles. The maximum atomic E-state index is 11.8. The molecule has 0 aliphatic rings. The largest absolute Gasteiger partial charge is 0.366 e. The van der Waals surface area contributed by atoms with Crippen LogP contribution in [0.1, 0.15) is 30.0 Å². The molecule has 0 atom stereocenters. The minimum atomic E-state index is -0.568. The summed E-state index contributed by atoms with van der Waals surface area (Å²) >= 11 is 0. The van der Waals surface area contributed by atoms with E-state index >= 15 is 0 Å². The van der Waals surface area contributed by atoms with Crippen LogP contribution in [-0.4, -0.2) is 21.1 Å². The topological polar surface area (TPSA) is 120 Å². The second-order valence-electron chi connectivity index (χ2n) is 4.81. The van der Waals surface area contributed by atoms with Crippen LogP contribution in [0.3, 0.4) is 0 Å². The quantitative estimate of drug-likeness (QED) is 0.779. The Balaban J connectivity index is 2.12. The number of nitriles is 1. The van der Waals surface area contributed by atoms with Crippen LogP contribution in [0.15, 0.2) is 24.3 Å². The number of nitrogen functional groups attached to an aromatic ring is 1. The SMILES string of the molecule is CC(C)(C#N)c1ccc(NC(=O)c2nc(N)n[nH]2)cc1. The van der Waals surface area contributed by atoms with Gasteiger partial charge in [0.25, 0.3) is 5.91 Å². The number of nitrogens with two attached hydrogens (primary N) is 1. The molecular formula is C13H14N6O. The van der Waals surface area contributed by atoms with E-state index in [-0.39, 0.29) is 11.8 Å². The number of amides is 1. The number of nitrogens with one attached hydrogen (secondary N) is 2. The number of anilines is 2. The van der Waals surface area contributed by atoms with Crippen LogP contribution < -0.4 is 11.1 Å². The molecule has 4 N–H and O–H groups in total. The summed E-state index contributed by atoms with van der Waals surface area (Å²) < 4.78 is 0. The van der Waals surface area contributed by atoms with Gasteiger partial charge in [-0.1, -0.05) is 12.1 Å². The number of aromatic nitrogens is 3. The number of nitrogens with zero attached hydrogens (tertiary/aromatic N) is 3. The molecule has 0 saturated heterocycles. The van der Waals surface area contributed by atoms with Gasteiger partial charge in [-0.2, -0.15) is 10.2 Å². The Morgan fingerprint density at radius 2 is 2.05 bits per heavy atom. The lowest BCUT2D eigenvalue weighted by Gasteiger charge is -2.15. The molecule has 0 radical (unpaired) electrons. The van der Waals surface area contributed by atoms with E-state index in [1.807, 2.05) is 13.8 Å². The van der Waals surface area contributed by atoms with Crippen molar-refractivity contribution in [3.05, 3.63) is 35.7 Å². The second-order valence-corrected chi connectivity index (χ2v) is 4.81. The van der Waals surface area contributed by atoms with Crippen LogP contribution in [-0.2, 0) is 5.41 Å². The van der Waals surface area contributed by atoms with Gasteiger partial charge in [0.1, 0.15) is 0 Å². The Kier molecular flexibility index (Phi) is 3.39. The first-order chi connectivity index (χ1) is 9.42. The first-order valence-electron chi connectivity index (χ1n) is 5.93. The molecule has 0 aliphatic carbocycles. The van der Waals surface area contributed by atoms with E-state index in [2.05, 4.69) is 26.6 Å². The van der Waals surface area contributed by atoms with Crippen molar-refractivity contribution in [2.24, 2.45) is 0 Å². The van der Waals surface area contributed by atoms with Gasteiger partial charge < -0.3 is 11.1 Å². The number of rotatable bonds is 3. The summed E-state index contributed by atoms with van der Waals surface area (Å²) in [4.78, 5) is 15.5. The predicted octanol–water partition coefficient (Wildman–Crippen LogP) is 1.44. The van der Waals surface area contributed by atoms with Gasteiger partial charge in [-0.3, -0.25) is 9.89 Å². The van der Waals surface area contributed by atoms with Gasteiger partial charge in [-0.25, -0.2) is 0 Å². The van der Waals surface area contributed by atoms with Gasteiger partial charge >= 0.3 is 0 Å². The second kappa shape index (κ2) is 5.01. The maximum Gasteiger partial charge on any atom is 0.293 e. The lowest BCUT2D eigenvalue weighted by Crippen LogP contribution is -2.15. The molecule has 1 amide bonds. The van der Waals surface area contributed by atoms with Crippen LogP contribution in [0.5, 0.6) is 0 Å². The van der Waals surface area contributed by atoms with Crippen LogP contribution in [0.4, 0.5) is 11.6 Å². The summed E-state index contributed by atoms with van der Waals surface area (Å²) in [5, 5.41) is 17.7. The third-order valence-electron chi connectivity index (χ3n) is 2.86. The van der Waals surface area contributed by atoms with Crippen molar-refractivity contribution in [1.29, 1.82) is 5.26 Å². The molecule has 0 saturated carbocycles. The third kappa shape index (κ3) is 2.75. The highest BCUT2D eigenvalue weighted by Gasteiger charge is 2.19. The smallest absolute Gasteiger partial charge is 0.293 e. The van der Waals surface area contributed by atoms with Crippen molar-refractivity contribution in [3.63, 3.8) is 0 Å². The van der Waals surface area contributed by atoms with Crippen molar-refractivity contribution >= 4 is 17.5 Å². The van der Waals surface area contributed by atoms with Crippen LogP contribution >= 0.6 is 0 Å². The molecule has 1 aromatic heterocycles. The normalized spacial score (nSPS) is 10.8. The molecule has 0 bridgehead atoms. The van der Waals surface area contributed by atoms with Gasteiger partial charge in [-0.15, -0.1) is 5.10 Å². The fourth-order valence-corrected chi connectivity index (χ4v) is 1.60. The molecule has 20 heavy (non-hydrogen) atoms.